The first-order chi connectivity index (χ1) is 19.2. The molecular formula is C36H24N2O. The number of rotatable bonds is 3. The van der Waals surface area contributed by atoms with E-state index < -0.39 is 0 Å². The monoisotopic (exact) mass is 500 g/mol. The van der Waals surface area contributed by atoms with Gasteiger partial charge in [0.25, 0.3) is 0 Å². The second-order valence-corrected chi connectivity index (χ2v) is 10.0. The first-order valence-electron chi connectivity index (χ1n) is 13.1. The van der Waals surface area contributed by atoms with E-state index in [-0.39, 0.29) is 0 Å². The van der Waals surface area contributed by atoms with Crippen molar-refractivity contribution in [1.82, 2.24) is 4.57 Å². The zero-order valence-electron chi connectivity index (χ0n) is 21.1. The minimum Gasteiger partial charge on any atom is -0.456 e. The van der Waals surface area contributed by atoms with Gasteiger partial charge in [0.15, 0.2) is 0 Å². The molecule has 0 unspecified atom stereocenters. The SMILES string of the molecule is Nc1ccccc1-c1cccc(-c2ccc3oc4ccc(-n5c6ccccc6c6ccccc65)cc4c3c2)c1. The molecule has 39 heavy (non-hydrogen) atoms. The second kappa shape index (κ2) is 8.37. The maximum Gasteiger partial charge on any atom is 0.135 e. The van der Waals surface area contributed by atoms with E-state index in [0.717, 1.165) is 55.6 Å². The molecule has 8 rings (SSSR count). The maximum absolute atomic E-state index is 6.27. The van der Waals surface area contributed by atoms with Crippen molar-refractivity contribution < 1.29 is 4.42 Å². The Balaban J connectivity index is 1.31. The van der Waals surface area contributed by atoms with Gasteiger partial charge in [0.2, 0.25) is 0 Å². The summed E-state index contributed by atoms with van der Waals surface area (Å²) >= 11 is 0. The van der Waals surface area contributed by atoms with E-state index in [2.05, 4.69) is 120 Å². The predicted molar refractivity (Wildman–Crippen MR) is 163 cm³/mol. The molecule has 0 radical (unpaired) electrons. The largest absolute Gasteiger partial charge is 0.456 e. The van der Waals surface area contributed by atoms with Gasteiger partial charge in [0.05, 0.1) is 11.0 Å². The quantitative estimate of drug-likeness (QED) is 0.245. The van der Waals surface area contributed by atoms with E-state index in [9.17, 15) is 0 Å². The number of hydrogen-bond donors (Lipinski definition) is 1. The predicted octanol–water partition coefficient (Wildman–Crippen LogP) is 9.60. The highest BCUT2D eigenvalue weighted by molar-refractivity contribution is 6.11. The molecule has 184 valence electrons. The van der Waals surface area contributed by atoms with E-state index in [1.807, 2.05) is 18.2 Å². The Labute approximate surface area is 225 Å². The van der Waals surface area contributed by atoms with Crippen molar-refractivity contribution in [2.45, 2.75) is 0 Å². The summed E-state index contributed by atoms with van der Waals surface area (Å²) in [4.78, 5) is 0. The van der Waals surface area contributed by atoms with Crippen molar-refractivity contribution in [3.05, 3.63) is 133 Å². The minimum absolute atomic E-state index is 0.781. The number of fused-ring (bicyclic) bond motifs is 6. The van der Waals surface area contributed by atoms with Crippen molar-refractivity contribution in [2.75, 3.05) is 5.73 Å². The summed E-state index contributed by atoms with van der Waals surface area (Å²) in [5.74, 6) is 0. The molecule has 0 fully saturated rings. The summed E-state index contributed by atoms with van der Waals surface area (Å²) < 4.78 is 8.62. The summed E-state index contributed by atoms with van der Waals surface area (Å²) in [5, 5.41) is 4.72. The van der Waals surface area contributed by atoms with Crippen LogP contribution in [0.15, 0.2) is 138 Å². The van der Waals surface area contributed by atoms with Crippen molar-refractivity contribution >= 4 is 49.4 Å². The Morgan fingerprint density at radius 2 is 1.08 bits per heavy atom. The van der Waals surface area contributed by atoms with Gasteiger partial charge in [-0.25, -0.2) is 0 Å². The Bertz CT molecular complexity index is 2140. The average molecular weight is 501 g/mol. The van der Waals surface area contributed by atoms with E-state index in [1.165, 1.54) is 21.8 Å². The first kappa shape index (κ1) is 21.8. The number of para-hydroxylation sites is 3. The van der Waals surface area contributed by atoms with E-state index in [1.54, 1.807) is 0 Å². The summed E-state index contributed by atoms with van der Waals surface area (Å²) in [6.07, 6.45) is 0. The highest BCUT2D eigenvalue weighted by Crippen LogP contribution is 2.37. The number of hydrogen-bond acceptors (Lipinski definition) is 2. The lowest BCUT2D eigenvalue weighted by atomic mass is 9.97. The molecule has 0 saturated carbocycles. The van der Waals surface area contributed by atoms with Gasteiger partial charge >= 0.3 is 0 Å². The number of aromatic nitrogens is 1. The highest BCUT2D eigenvalue weighted by atomic mass is 16.3. The van der Waals surface area contributed by atoms with Crippen molar-refractivity contribution in [1.29, 1.82) is 0 Å². The van der Waals surface area contributed by atoms with Crippen molar-refractivity contribution in [2.24, 2.45) is 0 Å². The molecule has 0 bridgehead atoms. The molecule has 0 aliphatic rings. The molecule has 0 amide bonds. The van der Waals surface area contributed by atoms with Crippen LogP contribution in [0.5, 0.6) is 0 Å². The van der Waals surface area contributed by atoms with Crippen LogP contribution < -0.4 is 5.73 Å². The summed E-state index contributed by atoms with van der Waals surface area (Å²) in [6.45, 7) is 0. The zero-order valence-corrected chi connectivity index (χ0v) is 21.1. The molecule has 2 N–H and O–H groups in total. The van der Waals surface area contributed by atoms with Gasteiger partial charge in [0, 0.05) is 38.5 Å². The molecule has 0 aliphatic heterocycles. The molecule has 3 heteroatoms. The summed E-state index contributed by atoms with van der Waals surface area (Å²) in [7, 11) is 0. The summed E-state index contributed by atoms with van der Waals surface area (Å²) in [6, 6.07) is 46.7. The van der Waals surface area contributed by atoms with Crippen LogP contribution in [0.25, 0.3) is 71.7 Å². The third-order valence-corrected chi connectivity index (χ3v) is 7.76. The molecule has 8 aromatic rings. The number of nitrogens with two attached hydrogens (primary N) is 1. The van der Waals surface area contributed by atoms with Gasteiger partial charge in [-0.05, 0) is 71.3 Å². The summed E-state index contributed by atoms with van der Waals surface area (Å²) in [5.41, 5.74) is 16.8. The van der Waals surface area contributed by atoms with Gasteiger partial charge in [0.1, 0.15) is 11.2 Å². The smallest absolute Gasteiger partial charge is 0.135 e. The van der Waals surface area contributed by atoms with Crippen LogP contribution in [0.4, 0.5) is 5.69 Å². The molecule has 0 saturated heterocycles. The van der Waals surface area contributed by atoms with Crippen LogP contribution >= 0.6 is 0 Å². The van der Waals surface area contributed by atoms with Crippen LogP contribution in [0.2, 0.25) is 0 Å². The first-order valence-corrected chi connectivity index (χ1v) is 13.1. The van der Waals surface area contributed by atoms with Crippen LogP contribution in [0.3, 0.4) is 0 Å². The molecule has 0 atom stereocenters. The molecule has 3 nitrogen and oxygen atoms in total. The zero-order chi connectivity index (χ0) is 25.9. The number of nitrogen functional groups attached to an aromatic ring is 1. The van der Waals surface area contributed by atoms with Gasteiger partial charge in [-0.1, -0.05) is 78.9 Å². The van der Waals surface area contributed by atoms with Crippen molar-refractivity contribution in [3.63, 3.8) is 0 Å². The molecule has 6 aromatic carbocycles. The number of anilines is 1. The topological polar surface area (TPSA) is 44.1 Å². The maximum atomic E-state index is 6.27. The fraction of sp³-hybridized carbons (Fsp3) is 0. The normalized spacial score (nSPS) is 11.7. The second-order valence-electron chi connectivity index (χ2n) is 10.0. The average Bonchev–Trinajstić information content (AvgIpc) is 3.52. The minimum atomic E-state index is 0.781. The van der Waals surface area contributed by atoms with Crippen molar-refractivity contribution in [3.8, 4) is 27.9 Å². The van der Waals surface area contributed by atoms with Crippen LogP contribution in [-0.2, 0) is 0 Å². The fourth-order valence-corrected chi connectivity index (χ4v) is 5.91. The van der Waals surface area contributed by atoms with E-state index in [0.29, 0.717) is 0 Å². The Hall–Kier alpha value is -5.28. The molecule has 0 spiro atoms. The number of furan rings is 1. The van der Waals surface area contributed by atoms with Crippen LogP contribution in [0.1, 0.15) is 0 Å². The lowest BCUT2D eigenvalue weighted by Crippen LogP contribution is -1.93. The van der Waals surface area contributed by atoms with Gasteiger partial charge in [-0.2, -0.15) is 0 Å². The Morgan fingerprint density at radius 1 is 0.462 bits per heavy atom. The lowest BCUT2D eigenvalue weighted by molar-refractivity contribution is 0.669. The standard InChI is InChI=1S/C36H24N2O/c37-32-13-4-1-10-27(32)25-9-7-8-23(20-25)24-16-18-35-30(21-24)31-22-26(17-19-36(31)39-35)38-33-14-5-2-11-28(33)29-12-3-6-15-34(29)38/h1-22H,37H2. The fourth-order valence-electron chi connectivity index (χ4n) is 5.91. The van der Waals surface area contributed by atoms with Gasteiger partial charge < -0.3 is 14.7 Å². The molecule has 2 heterocycles. The highest BCUT2D eigenvalue weighted by Gasteiger charge is 2.15. The number of nitrogens with zero attached hydrogens (tertiary/aromatic N) is 1. The van der Waals surface area contributed by atoms with E-state index >= 15 is 0 Å². The van der Waals surface area contributed by atoms with E-state index in [4.69, 9.17) is 10.2 Å². The third kappa shape index (κ3) is 3.37. The van der Waals surface area contributed by atoms with Gasteiger partial charge in [-0.15, -0.1) is 0 Å². The molecule has 2 aromatic heterocycles. The Kier molecular flexibility index (Phi) is 4.67. The molecule has 0 aliphatic carbocycles. The van der Waals surface area contributed by atoms with Gasteiger partial charge in [-0.3, -0.25) is 0 Å². The van der Waals surface area contributed by atoms with Crippen LogP contribution in [0, 0.1) is 0 Å². The van der Waals surface area contributed by atoms with Crippen LogP contribution in [-0.4, -0.2) is 4.57 Å². The Morgan fingerprint density at radius 3 is 1.85 bits per heavy atom. The number of benzene rings is 6. The third-order valence-electron chi connectivity index (χ3n) is 7.76. The molecular weight excluding hydrogens is 476 g/mol. The lowest BCUT2D eigenvalue weighted by Gasteiger charge is -2.09.